The van der Waals surface area contributed by atoms with Gasteiger partial charge in [0.1, 0.15) is 0 Å². The second-order valence-corrected chi connectivity index (χ2v) is 3.84. The Balaban J connectivity index is 3.01. The summed E-state index contributed by atoms with van der Waals surface area (Å²) in [7, 11) is 0. The van der Waals surface area contributed by atoms with E-state index < -0.39 is 0 Å². The Morgan fingerprint density at radius 1 is 1.58 bits per heavy atom. The lowest BCUT2D eigenvalue weighted by Crippen LogP contribution is -2.25. The van der Waals surface area contributed by atoms with E-state index in [1.54, 1.807) is 0 Å². The Kier molecular flexibility index (Phi) is 3.53. The van der Waals surface area contributed by atoms with Crippen molar-refractivity contribution in [2.24, 2.45) is 5.84 Å². The first-order chi connectivity index (χ1) is 5.65. The predicted molar refractivity (Wildman–Crippen MR) is 54.9 cm³/mol. The third-order valence-corrected chi connectivity index (χ3v) is 2.60. The predicted octanol–water partition coefficient (Wildman–Crippen LogP) is 2.63. The Hall–Kier alpha value is -0.0900. The van der Waals surface area contributed by atoms with Gasteiger partial charge in [-0.05, 0) is 24.6 Å². The van der Waals surface area contributed by atoms with Gasteiger partial charge in [-0.15, -0.1) is 0 Å². The highest BCUT2D eigenvalue weighted by atomic mass is 79.9. The van der Waals surface area contributed by atoms with Gasteiger partial charge in [-0.2, -0.15) is 0 Å². The molecular weight excluding hydrogens is 239 g/mol. The average Bonchev–Trinajstić information content (AvgIpc) is 2.03. The van der Waals surface area contributed by atoms with Gasteiger partial charge in [0.05, 0.1) is 0 Å². The summed E-state index contributed by atoms with van der Waals surface area (Å²) >= 11 is 9.19. The highest BCUT2D eigenvalue weighted by Crippen LogP contribution is 2.25. The van der Waals surface area contributed by atoms with Gasteiger partial charge >= 0.3 is 0 Å². The van der Waals surface area contributed by atoms with Crippen LogP contribution in [0.25, 0.3) is 0 Å². The number of halogens is 2. The van der Waals surface area contributed by atoms with E-state index in [-0.39, 0.29) is 6.04 Å². The van der Waals surface area contributed by atoms with Gasteiger partial charge in [-0.3, -0.25) is 11.3 Å². The fourth-order valence-corrected chi connectivity index (χ4v) is 1.97. The normalized spacial score (nSPS) is 13.0. The van der Waals surface area contributed by atoms with E-state index in [9.17, 15) is 0 Å². The zero-order valence-electron chi connectivity index (χ0n) is 6.64. The second-order valence-electron chi connectivity index (χ2n) is 2.55. The summed E-state index contributed by atoms with van der Waals surface area (Å²) in [5, 5.41) is 0.717. The van der Waals surface area contributed by atoms with Crippen molar-refractivity contribution in [1.82, 2.24) is 5.43 Å². The van der Waals surface area contributed by atoms with Crippen molar-refractivity contribution < 1.29 is 0 Å². The van der Waals surface area contributed by atoms with Crippen molar-refractivity contribution >= 4 is 27.5 Å². The van der Waals surface area contributed by atoms with E-state index in [1.807, 2.05) is 25.1 Å². The largest absolute Gasteiger partial charge is 0.271 e. The molecule has 0 aliphatic carbocycles. The van der Waals surface area contributed by atoms with Crippen molar-refractivity contribution in [3.8, 4) is 0 Å². The minimum absolute atomic E-state index is 0.122. The number of nitrogens with two attached hydrogens (primary N) is 1. The van der Waals surface area contributed by atoms with Gasteiger partial charge in [0, 0.05) is 15.5 Å². The molecule has 1 atom stereocenters. The van der Waals surface area contributed by atoms with E-state index in [4.69, 9.17) is 17.4 Å². The molecule has 1 aromatic carbocycles. The van der Waals surface area contributed by atoms with Gasteiger partial charge < -0.3 is 0 Å². The van der Waals surface area contributed by atoms with E-state index in [0.717, 1.165) is 15.1 Å². The molecule has 3 N–H and O–H groups in total. The Bertz CT molecular complexity index is 278. The van der Waals surface area contributed by atoms with Crippen molar-refractivity contribution in [2.75, 3.05) is 0 Å². The number of hydrogen-bond acceptors (Lipinski definition) is 2. The number of nitrogens with one attached hydrogen (secondary N) is 1. The second kappa shape index (κ2) is 4.23. The highest BCUT2D eigenvalue weighted by molar-refractivity contribution is 9.10. The van der Waals surface area contributed by atoms with Gasteiger partial charge in [0.15, 0.2) is 0 Å². The first-order valence-corrected chi connectivity index (χ1v) is 4.73. The van der Waals surface area contributed by atoms with Crippen LogP contribution in [0.4, 0.5) is 0 Å². The van der Waals surface area contributed by atoms with Gasteiger partial charge in [-0.25, -0.2) is 0 Å². The molecule has 1 aromatic rings. The van der Waals surface area contributed by atoms with E-state index in [0.29, 0.717) is 0 Å². The molecule has 0 saturated carbocycles. The summed E-state index contributed by atoms with van der Waals surface area (Å²) < 4.78 is 0.973. The Morgan fingerprint density at radius 2 is 2.25 bits per heavy atom. The molecule has 0 spiro atoms. The zero-order chi connectivity index (χ0) is 9.14. The molecule has 0 aliphatic rings. The van der Waals surface area contributed by atoms with Crippen LogP contribution in [0.15, 0.2) is 22.7 Å². The van der Waals surface area contributed by atoms with Crippen molar-refractivity contribution in [2.45, 2.75) is 13.0 Å². The van der Waals surface area contributed by atoms with Crippen LogP contribution in [0, 0.1) is 0 Å². The van der Waals surface area contributed by atoms with Crippen LogP contribution in [0.2, 0.25) is 5.02 Å². The van der Waals surface area contributed by atoms with Crippen molar-refractivity contribution in [3.05, 3.63) is 33.3 Å². The number of rotatable bonds is 2. The Morgan fingerprint density at radius 3 is 2.75 bits per heavy atom. The average molecular weight is 250 g/mol. The molecule has 0 heterocycles. The van der Waals surface area contributed by atoms with Crippen LogP contribution in [0.5, 0.6) is 0 Å². The summed E-state index contributed by atoms with van der Waals surface area (Å²) in [4.78, 5) is 0. The molecule has 0 radical (unpaired) electrons. The number of hydrazine groups is 1. The summed E-state index contributed by atoms with van der Waals surface area (Å²) in [6.07, 6.45) is 0. The smallest absolute Gasteiger partial charge is 0.0443 e. The van der Waals surface area contributed by atoms with Crippen LogP contribution in [-0.4, -0.2) is 0 Å². The molecule has 4 heteroatoms. The monoisotopic (exact) mass is 248 g/mol. The van der Waals surface area contributed by atoms with Gasteiger partial charge in [0.25, 0.3) is 0 Å². The third kappa shape index (κ3) is 2.20. The maximum atomic E-state index is 5.78. The molecule has 0 fully saturated rings. The fraction of sp³-hybridized carbons (Fsp3) is 0.250. The summed E-state index contributed by atoms with van der Waals surface area (Å²) in [6.45, 7) is 1.98. The van der Waals surface area contributed by atoms with E-state index >= 15 is 0 Å². The lowest BCUT2D eigenvalue weighted by Gasteiger charge is -2.12. The standard InChI is InChI=1S/C8H10BrClN2/c1-5(12-11)7-3-2-6(10)4-8(7)9/h2-5,12H,11H2,1H3. The lowest BCUT2D eigenvalue weighted by atomic mass is 10.1. The molecule has 0 aromatic heterocycles. The molecule has 0 saturated heterocycles. The molecule has 1 rings (SSSR count). The molecule has 1 unspecified atom stereocenters. The molecule has 66 valence electrons. The molecular formula is C8H10BrClN2. The summed E-state index contributed by atoms with van der Waals surface area (Å²) in [6, 6.07) is 5.76. The highest BCUT2D eigenvalue weighted by Gasteiger charge is 2.06. The SMILES string of the molecule is CC(NN)c1ccc(Cl)cc1Br. The minimum Gasteiger partial charge on any atom is -0.271 e. The van der Waals surface area contributed by atoms with Crippen LogP contribution in [0.1, 0.15) is 18.5 Å². The number of hydrogen-bond donors (Lipinski definition) is 2. The lowest BCUT2D eigenvalue weighted by molar-refractivity contribution is 0.600. The van der Waals surface area contributed by atoms with Gasteiger partial charge in [0.2, 0.25) is 0 Å². The molecule has 0 bridgehead atoms. The van der Waals surface area contributed by atoms with E-state index in [1.165, 1.54) is 0 Å². The minimum atomic E-state index is 0.122. The van der Waals surface area contributed by atoms with Crippen LogP contribution >= 0.6 is 27.5 Å². The quantitative estimate of drug-likeness (QED) is 0.625. The summed E-state index contributed by atoms with van der Waals surface area (Å²) in [5.41, 5.74) is 3.77. The van der Waals surface area contributed by atoms with E-state index in [2.05, 4.69) is 21.4 Å². The fourth-order valence-electron chi connectivity index (χ4n) is 0.942. The third-order valence-electron chi connectivity index (χ3n) is 1.68. The molecule has 12 heavy (non-hydrogen) atoms. The topological polar surface area (TPSA) is 38.0 Å². The number of benzene rings is 1. The maximum Gasteiger partial charge on any atom is 0.0443 e. The molecule has 2 nitrogen and oxygen atoms in total. The zero-order valence-corrected chi connectivity index (χ0v) is 8.98. The van der Waals surface area contributed by atoms with Gasteiger partial charge in [-0.1, -0.05) is 33.6 Å². The van der Waals surface area contributed by atoms with Crippen LogP contribution in [-0.2, 0) is 0 Å². The molecule has 0 aliphatic heterocycles. The van der Waals surface area contributed by atoms with Crippen molar-refractivity contribution in [3.63, 3.8) is 0 Å². The van der Waals surface area contributed by atoms with Crippen LogP contribution in [0.3, 0.4) is 0 Å². The van der Waals surface area contributed by atoms with Crippen molar-refractivity contribution in [1.29, 1.82) is 0 Å². The first kappa shape index (κ1) is 9.99. The maximum absolute atomic E-state index is 5.78. The van der Waals surface area contributed by atoms with Crippen LogP contribution < -0.4 is 11.3 Å². The Labute approximate surface area is 85.2 Å². The molecule has 0 amide bonds. The summed E-state index contributed by atoms with van der Waals surface area (Å²) in [5.74, 6) is 5.31. The first-order valence-electron chi connectivity index (χ1n) is 3.56.